The van der Waals surface area contributed by atoms with Gasteiger partial charge in [0.15, 0.2) is 5.65 Å². The number of alkyl halides is 3. The fourth-order valence-electron chi connectivity index (χ4n) is 4.62. The summed E-state index contributed by atoms with van der Waals surface area (Å²) < 4.78 is 43.1. The van der Waals surface area contributed by atoms with Crippen LogP contribution in [0.25, 0.3) is 16.7 Å². The number of halogens is 3. The first kappa shape index (κ1) is 29.1. The molecule has 9 nitrogen and oxygen atoms in total. The number of rotatable bonds is 9. The second-order valence-corrected chi connectivity index (χ2v) is 9.62. The van der Waals surface area contributed by atoms with Crippen LogP contribution in [0.5, 0.6) is 5.75 Å². The predicted octanol–water partition coefficient (Wildman–Crippen LogP) is 5.22. The van der Waals surface area contributed by atoms with E-state index in [1.807, 2.05) is 0 Å². The van der Waals surface area contributed by atoms with Gasteiger partial charge in [0.05, 0.1) is 23.5 Å². The van der Waals surface area contributed by atoms with Gasteiger partial charge in [-0.25, -0.2) is 9.97 Å². The first-order valence-corrected chi connectivity index (χ1v) is 13.1. The number of carbonyl (C=O) groups is 2. The molecule has 0 radical (unpaired) electrons. The molecule has 0 spiro atoms. The number of nitrogens with zero attached hydrogens (tertiary/aromatic N) is 5. The zero-order chi connectivity index (χ0) is 30.6. The Bertz CT molecular complexity index is 1810. The van der Waals surface area contributed by atoms with Gasteiger partial charge in [-0.2, -0.15) is 0 Å². The summed E-state index contributed by atoms with van der Waals surface area (Å²) in [7, 11) is 0. The van der Waals surface area contributed by atoms with Crippen molar-refractivity contribution in [2.75, 3.05) is 0 Å². The Hall–Kier alpha value is -5.39. The van der Waals surface area contributed by atoms with Crippen LogP contribution in [0.2, 0.25) is 0 Å². The lowest BCUT2D eigenvalue weighted by Gasteiger charge is -2.30. The second-order valence-electron chi connectivity index (χ2n) is 9.62. The van der Waals surface area contributed by atoms with E-state index < -0.39 is 23.7 Å². The highest BCUT2D eigenvalue weighted by atomic mass is 19.4. The fraction of sp³-hybridized carbons (Fsp3) is 0.161. The van der Waals surface area contributed by atoms with Crippen molar-refractivity contribution in [3.63, 3.8) is 0 Å². The summed E-state index contributed by atoms with van der Waals surface area (Å²) in [5.41, 5.74) is 1.81. The third kappa shape index (κ3) is 6.75. The molecule has 1 unspecified atom stereocenters. The Morgan fingerprint density at radius 1 is 1.00 bits per heavy atom. The van der Waals surface area contributed by atoms with Gasteiger partial charge in [-0.1, -0.05) is 18.2 Å². The molecule has 12 heteroatoms. The quantitative estimate of drug-likeness (QED) is 0.218. The summed E-state index contributed by atoms with van der Waals surface area (Å²) in [6, 6.07) is 17.4. The second kappa shape index (κ2) is 12.2. The standard InChI is InChI=1S/C31H24F3N5O4/c1-20(29-37-28-26(5-3-15-36-28)30(42)39(29)24-10-6-22(19-40)7-11-24)38(18-23-4-2-14-35-17-23)27(41)16-21-8-12-25(13-9-21)43-31(32,33)34/h2-15,17,19-20H,16,18H2,1H3. The Morgan fingerprint density at radius 2 is 1.72 bits per heavy atom. The summed E-state index contributed by atoms with van der Waals surface area (Å²) in [5, 5.41) is 0.268. The van der Waals surface area contributed by atoms with Crippen LogP contribution in [-0.2, 0) is 17.8 Å². The minimum absolute atomic E-state index is 0.101. The lowest BCUT2D eigenvalue weighted by atomic mass is 10.1. The van der Waals surface area contributed by atoms with Gasteiger partial charge in [-0.05, 0) is 72.6 Å². The van der Waals surface area contributed by atoms with Gasteiger partial charge in [0.25, 0.3) is 5.56 Å². The normalized spacial score (nSPS) is 12.1. The molecule has 0 aliphatic heterocycles. The summed E-state index contributed by atoms with van der Waals surface area (Å²) in [4.78, 5) is 53.5. The molecule has 0 aliphatic rings. The van der Waals surface area contributed by atoms with E-state index in [-0.39, 0.29) is 35.7 Å². The third-order valence-electron chi connectivity index (χ3n) is 6.71. The number of pyridine rings is 2. The van der Waals surface area contributed by atoms with E-state index in [0.717, 1.165) is 12.1 Å². The number of ether oxygens (including phenoxy) is 1. The third-order valence-corrected chi connectivity index (χ3v) is 6.71. The number of fused-ring (bicyclic) bond motifs is 1. The maximum absolute atomic E-state index is 13.8. The van der Waals surface area contributed by atoms with Crippen LogP contribution in [0.4, 0.5) is 13.2 Å². The van der Waals surface area contributed by atoms with E-state index in [0.29, 0.717) is 28.7 Å². The highest BCUT2D eigenvalue weighted by Crippen LogP contribution is 2.27. The molecule has 43 heavy (non-hydrogen) atoms. The lowest BCUT2D eigenvalue weighted by molar-refractivity contribution is -0.274. The Morgan fingerprint density at radius 3 is 2.37 bits per heavy atom. The molecule has 1 amide bonds. The number of amides is 1. The molecule has 0 aliphatic carbocycles. The van der Waals surface area contributed by atoms with E-state index in [1.54, 1.807) is 67.8 Å². The molecule has 0 bridgehead atoms. The van der Waals surface area contributed by atoms with Crippen LogP contribution in [0, 0.1) is 0 Å². The molecule has 0 fully saturated rings. The lowest BCUT2D eigenvalue weighted by Crippen LogP contribution is -2.38. The molecule has 2 aromatic carbocycles. The summed E-state index contributed by atoms with van der Waals surface area (Å²) in [5.74, 6) is -0.554. The largest absolute Gasteiger partial charge is 0.573 e. The monoisotopic (exact) mass is 587 g/mol. The van der Waals surface area contributed by atoms with Crippen LogP contribution in [-0.4, -0.2) is 43.0 Å². The highest BCUT2D eigenvalue weighted by Gasteiger charge is 2.31. The maximum Gasteiger partial charge on any atom is 0.573 e. The number of aromatic nitrogens is 4. The van der Waals surface area contributed by atoms with E-state index in [1.165, 1.54) is 27.8 Å². The van der Waals surface area contributed by atoms with Crippen LogP contribution >= 0.6 is 0 Å². The molecule has 0 saturated carbocycles. The van der Waals surface area contributed by atoms with Crippen molar-refractivity contribution in [1.29, 1.82) is 0 Å². The van der Waals surface area contributed by atoms with Crippen LogP contribution in [0.3, 0.4) is 0 Å². The fourth-order valence-corrected chi connectivity index (χ4v) is 4.62. The molecular weight excluding hydrogens is 563 g/mol. The molecular formula is C31H24F3N5O4. The van der Waals surface area contributed by atoms with Crippen LogP contribution < -0.4 is 10.3 Å². The summed E-state index contributed by atoms with van der Waals surface area (Å²) in [6.45, 7) is 1.82. The van der Waals surface area contributed by atoms with E-state index in [9.17, 15) is 27.6 Å². The topological polar surface area (TPSA) is 107 Å². The van der Waals surface area contributed by atoms with Crippen molar-refractivity contribution in [3.05, 3.63) is 124 Å². The average Bonchev–Trinajstić information content (AvgIpc) is 3.00. The first-order valence-electron chi connectivity index (χ1n) is 13.1. The van der Waals surface area contributed by atoms with Crippen molar-refractivity contribution in [3.8, 4) is 11.4 Å². The van der Waals surface area contributed by atoms with E-state index in [4.69, 9.17) is 4.98 Å². The number of hydrogen-bond acceptors (Lipinski definition) is 7. The maximum atomic E-state index is 13.8. The Labute approximate surface area is 243 Å². The van der Waals surface area contributed by atoms with Crippen LogP contribution in [0.1, 0.15) is 40.3 Å². The average molecular weight is 588 g/mol. The van der Waals surface area contributed by atoms with Gasteiger partial charge in [-0.15, -0.1) is 13.2 Å². The summed E-state index contributed by atoms with van der Waals surface area (Å²) in [6.07, 6.45) is 0.420. The number of benzene rings is 2. The van der Waals surface area contributed by atoms with Gasteiger partial charge >= 0.3 is 6.36 Å². The minimum Gasteiger partial charge on any atom is -0.406 e. The Kier molecular flexibility index (Phi) is 8.28. The molecule has 0 saturated heterocycles. The first-order chi connectivity index (χ1) is 20.6. The summed E-state index contributed by atoms with van der Waals surface area (Å²) >= 11 is 0. The van der Waals surface area contributed by atoms with Gasteiger partial charge < -0.3 is 9.64 Å². The SMILES string of the molecule is CC(c1nc2ncccc2c(=O)n1-c1ccc(C=O)cc1)N(Cc1cccnc1)C(=O)Cc1ccc(OC(F)(F)F)cc1. The molecule has 5 aromatic rings. The smallest absolute Gasteiger partial charge is 0.406 e. The molecule has 3 aromatic heterocycles. The van der Waals surface area contributed by atoms with E-state index >= 15 is 0 Å². The molecule has 0 N–H and O–H groups in total. The zero-order valence-electron chi connectivity index (χ0n) is 22.7. The highest BCUT2D eigenvalue weighted by molar-refractivity contribution is 5.80. The predicted molar refractivity (Wildman–Crippen MR) is 151 cm³/mol. The molecule has 218 valence electrons. The van der Waals surface area contributed by atoms with Crippen molar-refractivity contribution in [2.45, 2.75) is 32.3 Å². The van der Waals surface area contributed by atoms with Crippen LogP contribution in [0.15, 0.2) is 96.2 Å². The number of aldehydes is 1. The number of carbonyl (C=O) groups excluding carboxylic acids is 2. The minimum atomic E-state index is -4.83. The van der Waals surface area contributed by atoms with Crippen molar-refractivity contribution < 1.29 is 27.5 Å². The Balaban J connectivity index is 1.57. The molecule has 3 heterocycles. The van der Waals surface area contributed by atoms with Gasteiger partial charge in [0.1, 0.15) is 17.9 Å². The van der Waals surface area contributed by atoms with Gasteiger partial charge in [0.2, 0.25) is 5.91 Å². The van der Waals surface area contributed by atoms with Gasteiger partial charge in [-0.3, -0.25) is 23.9 Å². The van der Waals surface area contributed by atoms with E-state index in [2.05, 4.69) is 14.7 Å². The number of hydrogen-bond donors (Lipinski definition) is 0. The van der Waals surface area contributed by atoms with Crippen molar-refractivity contribution in [2.24, 2.45) is 0 Å². The van der Waals surface area contributed by atoms with Gasteiger partial charge in [0, 0.05) is 30.7 Å². The molecule has 5 rings (SSSR count). The molecule has 1 atom stereocenters. The van der Waals surface area contributed by atoms with Crippen molar-refractivity contribution in [1.82, 2.24) is 24.4 Å². The van der Waals surface area contributed by atoms with Crippen molar-refractivity contribution >= 4 is 23.2 Å². The zero-order valence-corrected chi connectivity index (χ0v) is 22.7.